The summed E-state index contributed by atoms with van der Waals surface area (Å²) in [5.74, 6) is 0.0427. The van der Waals surface area contributed by atoms with Gasteiger partial charge in [-0.25, -0.2) is 0 Å². The van der Waals surface area contributed by atoms with Gasteiger partial charge in [-0.1, -0.05) is 49.7 Å². The number of aliphatic hydroxyl groups is 1. The number of fused-ring (bicyclic) bond motifs is 5. The number of pyridine rings is 1. The summed E-state index contributed by atoms with van der Waals surface area (Å²) in [4.78, 5) is 27.7. The zero-order valence-corrected chi connectivity index (χ0v) is 22.7. The molecule has 1 heterocycles. The van der Waals surface area contributed by atoms with Gasteiger partial charge < -0.3 is 5.11 Å². The van der Waals surface area contributed by atoms with Crippen LogP contribution < -0.4 is 0 Å². The van der Waals surface area contributed by atoms with Crippen LogP contribution in [0.2, 0.25) is 0 Å². The fourth-order valence-electron chi connectivity index (χ4n) is 4.37. The summed E-state index contributed by atoms with van der Waals surface area (Å²) in [6.45, 7) is 9.04. The fraction of sp³-hybridized carbons (Fsp3) is 0.167. The minimum absolute atomic E-state index is 0. The average molecular weight is 641 g/mol. The van der Waals surface area contributed by atoms with Gasteiger partial charge >= 0.3 is 0 Å². The van der Waals surface area contributed by atoms with Gasteiger partial charge in [0.2, 0.25) is 0 Å². The molecule has 0 amide bonds. The number of carbonyl (C=O) groups excluding carboxylic acids is 2. The van der Waals surface area contributed by atoms with Crippen molar-refractivity contribution < 1.29 is 34.8 Å². The van der Waals surface area contributed by atoms with Crippen molar-refractivity contribution in [1.82, 2.24) is 4.98 Å². The van der Waals surface area contributed by atoms with Gasteiger partial charge in [0.15, 0.2) is 11.6 Å². The summed E-state index contributed by atoms with van der Waals surface area (Å²) in [6.07, 6.45) is 1.17. The molecule has 35 heavy (non-hydrogen) atoms. The van der Waals surface area contributed by atoms with E-state index in [0.29, 0.717) is 0 Å². The van der Waals surface area contributed by atoms with E-state index in [2.05, 4.69) is 51.1 Å². The van der Waals surface area contributed by atoms with E-state index in [1.165, 1.54) is 25.5 Å². The first-order valence-corrected chi connectivity index (χ1v) is 11.1. The molecule has 0 saturated heterocycles. The number of carbonyl (C=O) groups is 2. The molecule has 0 spiro atoms. The van der Waals surface area contributed by atoms with Crippen molar-refractivity contribution in [2.75, 3.05) is 0 Å². The zero-order chi connectivity index (χ0) is 24.6. The van der Waals surface area contributed by atoms with Crippen LogP contribution in [0.5, 0.6) is 0 Å². The Morgan fingerprint density at radius 3 is 2.23 bits per heavy atom. The van der Waals surface area contributed by atoms with Gasteiger partial charge in [-0.15, -0.1) is 34.9 Å². The molecule has 0 atom stereocenters. The molecular formula is C30H26IrNO3-. The van der Waals surface area contributed by atoms with E-state index in [9.17, 15) is 9.59 Å². The fourth-order valence-corrected chi connectivity index (χ4v) is 4.37. The average Bonchev–Trinajstić information content (AvgIpc) is 3.04. The zero-order valence-electron chi connectivity index (χ0n) is 20.3. The predicted molar refractivity (Wildman–Crippen MR) is 136 cm³/mol. The van der Waals surface area contributed by atoms with Crippen LogP contribution in [0, 0.1) is 26.8 Å². The second-order valence-electron chi connectivity index (χ2n) is 8.78. The maximum absolute atomic E-state index is 12.8. The molecule has 5 heteroatoms. The Morgan fingerprint density at radius 1 is 0.886 bits per heavy atom. The third-order valence-electron chi connectivity index (χ3n) is 5.64. The summed E-state index contributed by atoms with van der Waals surface area (Å²) in [7, 11) is 0. The number of hydrogen-bond donors (Lipinski definition) is 1. The summed E-state index contributed by atoms with van der Waals surface area (Å²) in [6, 6.07) is 21.6. The van der Waals surface area contributed by atoms with Crippen LogP contribution in [0.25, 0.3) is 33.3 Å². The Morgan fingerprint density at radius 2 is 1.60 bits per heavy atom. The Labute approximate surface area is 219 Å². The largest absolute Gasteiger partial charge is 0.512 e. The third-order valence-corrected chi connectivity index (χ3v) is 5.64. The van der Waals surface area contributed by atoms with Crippen LogP contribution in [-0.2, 0) is 24.9 Å². The normalized spacial score (nSPS) is 11.8. The monoisotopic (exact) mass is 641 g/mol. The molecule has 1 aromatic heterocycles. The van der Waals surface area contributed by atoms with Crippen molar-refractivity contribution in [2.24, 2.45) is 0 Å². The molecule has 0 aliphatic heterocycles. The maximum Gasteiger partial charge on any atom is 0.194 e. The predicted octanol–water partition coefficient (Wildman–Crippen LogP) is 6.87. The molecule has 1 aliphatic rings. The molecule has 179 valence electrons. The number of aryl methyl sites for hydroxylation is 3. The summed E-state index contributed by atoms with van der Waals surface area (Å²) in [5, 5.41) is 9.39. The molecule has 0 fully saturated rings. The van der Waals surface area contributed by atoms with Gasteiger partial charge in [-0.3, -0.25) is 14.6 Å². The quantitative estimate of drug-likeness (QED) is 0.130. The molecular weight excluding hydrogens is 615 g/mol. The van der Waals surface area contributed by atoms with Crippen LogP contribution in [0.15, 0.2) is 66.4 Å². The van der Waals surface area contributed by atoms with Gasteiger partial charge in [-0.05, 0) is 44.2 Å². The Kier molecular flexibility index (Phi) is 7.84. The molecule has 4 nitrogen and oxygen atoms in total. The molecule has 1 radical (unpaired) electrons. The topological polar surface area (TPSA) is 67.3 Å². The van der Waals surface area contributed by atoms with Crippen LogP contribution in [0.4, 0.5) is 0 Å². The molecule has 4 aromatic rings. The SMILES string of the molecule is CC(=O)/C=C(/C)O.Cc1[c-]c(-c2ccc3c4c(ccc3n2)C(=O)c2ccc(C)cc2-4)cc(C)c1.[Ir]. The van der Waals surface area contributed by atoms with Gasteiger partial charge in [0.25, 0.3) is 0 Å². The first kappa shape index (κ1) is 26.2. The van der Waals surface area contributed by atoms with Crippen molar-refractivity contribution in [1.29, 1.82) is 0 Å². The molecule has 3 aromatic carbocycles. The smallest absolute Gasteiger partial charge is 0.194 e. The maximum atomic E-state index is 12.8. The van der Waals surface area contributed by atoms with Crippen molar-refractivity contribution in [3.05, 3.63) is 100 Å². The summed E-state index contributed by atoms with van der Waals surface area (Å²) < 4.78 is 0. The Hall–Kier alpha value is -3.40. The van der Waals surface area contributed by atoms with E-state index in [0.717, 1.165) is 55.5 Å². The van der Waals surface area contributed by atoms with E-state index in [1.54, 1.807) is 0 Å². The van der Waals surface area contributed by atoms with E-state index < -0.39 is 0 Å². The number of aliphatic hydroxyl groups excluding tert-OH is 1. The van der Waals surface area contributed by atoms with Crippen molar-refractivity contribution >= 4 is 22.5 Å². The van der Waals surface area contributed by atoms with Gasteiger partial charge in [-0.2, -0.15) is 0 Å². The van der Waals surface area contributed by atoms with Crippen LogP contribution in [0.3, 0.4) is 0 Å². The second kappa shape index (κ2) is 10.5. The van der Waals surface area contributed by atoms with Crippen molar-refractivity contribution in [2.45, 2.75) is 34.6 Å². The van der Waals surface area contributed by atoms with Crippen LogP contribution in [-0.4, -0.2) is 21.7 Å². The van der Waals surface area contributed by atoms with E-state index in [-0.39, 0.29) is 37.4 Å². The second-order valence-corrected chi connectivity index (χ2v) is 8.78. The number of rotatable bonds is 2. The minimum atomic E-state index is -0.125. The molecule has 1 aliphatic carbocycles. The van der Waals surface area contributed by atoms with E-state index >= 15 is 0 Å². The van der Waals surface area contributed by atoms with Crippen molar-refractivity contribution in [3.8, 4) is 22.4 Å². The molecule has 1 N–H and O–H groups in total. The third kappa shape index (κ3) is 5.48. The number of allylic oxidation sites excluding steroid dienone is 2. The molecule has 0 saturated carbocycles. The number of hydrogen-bond acceptors (Lipinski definition) is 4. The molecule has 0 unspecified atom stereocenters. The van der Waals surface area contributed by atoms with Gasteiger partial charge in [0.05, 0.1) is 11.3 Å². The van der Waals surface area contributed by atoms with Gasteiger partial charge in [0, 0.05) is 48.3 Å². The van der Waals surface area contributed by atoms with Crippen molar-refractivity contribution in [3.63, 3.8) is 0 Å². The summed E-state index contributed by atoms with van der Waals surface area (Å²) in [5.41, 5.74) is 9.87. The Bertz CT molecular complexity index is 1480. The van der Waals surface area contributed by atoms with Crippen LogP contribution >= 0.6 is 0 Å². The van der Waals surface area contributed by atoms with Crippen LogP contribution in [0.1, 0.15) is 46.5 Å². The molecule has 0 bridgehead atoms. The van der Waals surface area contributed by atoms with E-state index in [1.807, 2.05) is 30.3 Å². The first-order valence-electron chi connectivity index (χ1n) is 11.1. The minimum Gasteiger partial charge on any atom is -0.512 e. The van der Waals surface area contributed by atoms with E-state index in [4.69, 9.17) is 10.1 Å². The van der Waals surface area contributed by atoms with Gasteiger partial charge in [0.1, 0.15) is 0 Å². The number of nitrogens with zero attached hydrogens (tertiary/aromatic N) is 1. The first-order chi connectivity index (χ1) is 16.1. The molecule has 5 rings (SSSR count). The Balaban J connectivity index is 0.000000378. The number of benzene rings is 3. The number of ketones is 2. The number of aromatic nitrogens is 1. The summed E-state index contributed by atoms with van der Waals surface area (Å²) >= 11 is 0. The standard InChI is InChI=1S/C25H18NO.C5H8O2.Ir/c1-14-4-5-18-21(13-14)24-19-6-8-22(17-11-15(2)10-16(3)12-17)26-23(19)9-7-20(24)25(18)27;1-4(6)3-5(2)7;/h4-11,13H,1-3H3;3,6H,1-2H3;/q-1;;/b;4-3-;.